The van der Waals surface area contributed by atoms with Crippen LogP contribution in [-0.2, 0) is 23.8 Å². The lowest BCUT2D eigenvalue weighted by Crippen LogP contribution is -2.47. The van der Waals surface area contributed by atoms with E-state index in [4.69, 9.17) is 14.2 Å². The molecule has 0 radical (unpaired) electrons. The number of aliphatic hydroxyl groups is 4. The predicted octanol–water partition coefficient (Wildman–Crippen LogP) is 2.99. The Morgan fingerprint density at radius 2 is 1.95 bits per heavy atom. The number of aliphatic hydroxyl groups excluding tert-OH is 3. The zero-order valence-electron chi connectivity index (χ0n) is 24.2. The molecule has 0 amide bonds. The van der Waals surface area contributed by atoms with Gasteiger partial charge in [-0.1, -0.05) is 58.1 Å². The summed E-state index contributed by atoms with van der Waals surface area (Å²) in [6.07, 6.45) is 6.93. The molecule has 0 aromatic rings. The first-order valence-electron chi connectivity index (χ1n) is 14.1. The summed E-state index contributed by atoms with van der Waals surface area (Å²) in [7, 11) is 0. The van der Waals surface area contributed by atoms with E-state index in [2.05, 4.69) is 13.0 Å². The minimum absolute atomic E-state index is 0.00911. The number of hydrogen-bond donors (Lipinski definition) is 4. The molecule has 0 aliphatic carbocycles. The minimum Gasteiger partial charge on any atom is -0.463 e. The van der Waals surface area contributed by atoms with Crippen LogP contribution in [0.3, 0.4) is 0 Å². The Kier molecular flexibility index (Phi) is 12.8. The van der Waals surface area contributed by atoms with Gasteiger partial charge >= 0.3 is 11.9 Å². The van der Waals surface area contributed by atoms with Crippen molar-refractivity contribution in [3.63, 3.8) is 0 Å². The van der Waals surface area contributed by atoms with Gasteiger partial charge in [-0.15, -0.1) is 0 Å². The maximum atomic E-state index is 12.6. The molecule has 0 bridgehead atoms. The highest BCUT2D eigenvalue weighted by atomic mass is 16.6. The highest BCUT2D eigenvalue weighted by Gasteiger charge is 2.45. The first kappa shape index (κ1) is 33.2. The molecule has 222 valence electrons. The lowest BCUT2D eigenvalue weighted by atomic mass is 9.88. The fraction of sp³-hybridized carbons (Fsp3) is 0.733. The summed E-state index contributed by atoms with van der Waals surface area (Å²) < 4.78 is 16.5. The number of rotatable bonds is 10. The van der Waals surface area contributed by atoms with E-state index in [1.54, 1.807) is 6.08 Å². The first-order valence-corrected chi connectivity index (χ1v) is 14.1. The Balaban J connectivity index is 2.10. The predicted molar refractivity (Wildman–Crippen MR) is 146 cm³/mol. The van der Waals surface area contributed by atoms with Crippen LogP contribution >= 0.6 is 0 Å². The average Bonchev–Trinajstić information content (AvgIpc) is 3.64. The highest BCUT2D eigenvalue weighted by Crippen LogP contribution is 2.36. The van der Waals surface area contributed by atoms with Crippen LogP contribution in [0.4, 0.5) is 0 Å². The maximum Gasteiger partial charge on any atom is 0.309 e. The molecule has 2 aliphatic heterocycles. The first-order chi connectivity index (χ1) is 18.3. The normalized spacial score (nSPS) is 34.9. The molecule has 2 aliphatic rings. The van der Waals surface area contributed by atoms with Crippen LogP contribution in [0.2, 0.25) is 0 Å². The van der Waals surface area contributed by atoms with Gasteiger partial charge in [0.15, 0.2) is 0 Å². The van der Waals surface area contributed by atoms with Crippen molar-refractivity contribution in [1.82, 2.24) is 0 Å². The van der Waals surface area contributed by atoms with Gasteiger partial charge in [-0.05, 0) is 44.1 Å². The van der Waals surface area contributed by atoms with Crippen LogP contribution in [0.25, 0.3) is 0 Å². The summed E-state index contributed by atoms with van der Waals surface area (Å²) in [5.41, 5.74) is -1.03. The fourth-order valence-corrected chi connectivity index (χ4v) is 4.94. The van der Waals surface area contributed by atoms with E-state index in [0.29, 0.717) is 6.42 Å². The number of esters is 2. The van der Waals surface area contributed by atoms with Crippen molar-refractivity contribution in [3.05, 3.63) is 36.0 Å². The molecule has 0 saturated carbocycles. The standard InChI is InChI=1S/C30H48O9/c1-7-24(33)21(5)29-25(38-29)15-18(2)9-8-10-19(3)28-20(4)11-12-26(34)30(36,17-37-22(6)31)14-13-23(32)16-27(35)39-28/h8-12,18,20-21,23-26,28-29,32-34,36H,7,13-17H2,1-6H3. The van der Waals surface area contributed by atoms with Gasteiger partial charge in [-0.25, -0.2) is 0 Å². The number of ether oxygens (including phenoxy) is 3. The number of allylic oxidation sites excluding steroid dienone is 3. The van der Waals surface area contributed by atoms with Crippen LogP contribution < -0.4 is 0 Å². The number of hydrogen-bond acceptors (Lipinski definition) is 9. The van der Waals surface area contributed by atoms with Gasteiger partial charge in [0.25, 0.3) is 0 Å². The van der Waals surface area contributed by atoms with E-state index in [1.165, 1.54) is 13.0 Å². The molecule has 39 heavy (non-hydrogen) atoms. The molecule has 1 fully saturated rings. The van der Waals surface area contributed by atoms with Gasteiger partial charge < -0.3 is 34.6 Å². The summed E-state index contributed by atoms with van der Waals surface area (Å²) in [5, 5.41) is 42.1. The van der Waals surface area contributed by atoms with Crippen LogP contribution in [-0.4, -0.2) is 81.2 Å². The van der Waals surface area contributed by atoms with E-state index in [9.17, 15) is 30.0 Å². The number of carbonyl (C=O) groups is 2. The Bertz CT molecular complexity index is 897. The van der Waals surface area contributed by atoms with E-state index < -0.39 is 42.5 Å². The molecule has 0 spiro atoms. The maximum absolute atomic E-state index is 12.6. The van der Waals surface area contributed by atoms with Crippen molar-refractivity contribution in [2.24, 2.45) is 17.8 Å². The molecule has 4 N–H and O–H groups in total. The van der Waals surface area contributed by atoms with Gasteiger partial charge in [-0.2, -0.15) is 0 Å². The number of cyclic esters (lactones) is 1. The van der Waals surface area contributed by atoms with Gasteiger partial charge in [0.1, 0.15) is 24.4 Å². The number of carbonyl (C=O) groups excluding carboxylic acids is 2. The molecule has 9 nitrogen and oxygen atoms in total. The van der Waals surface area contributed by atoms with Gasteiger partial charge in [0, 0.05) is 18.8 Å². The second-order valence-corrected chi connectivity index (χ2v) is 11.4. The van der Waals surface area contributed by atoms with Crippen LogP contribution in [0.1, 0.15) is 73.6 Å². The van der Waals surface area contributed by atoms with Crippen LogP contribution in [0.5, 0.6) is 0 Å². The van der Waals surface area contributed by atoms with Crippen molar-refractivity contribution in [2.45, 2.75) is 116 Å². The fourth-order valence-electron chi connectivity index (χ4n) is 4.94. The number of epoxide rings is 1. The Labute approximate surface area is 232 Å². The van der Waals surface area contributed by atoms with E-state index >= 15 is 0 Å². The Morgan fingerprint density at radius 1 is 1.26 bits per heavy atom. The summed E-state index contributed by atoms with van der Waals surface area (Å²) >= 11 is 0. The van der Waals surface area contributed by atoms with Crippen molar-refractivity contribution in [1.29, 1.82) is 0 Å². The van der Waals surface area contributed by atoms with Gasteiger partial charge in [-0.3, -0.25) is 9.59 Å². The molecule has 9 heteroatoms. The SMILES string of the molecule is CCC(O)C(C)C1OC1CC(C)C=CC=C(C)C1OC(=O)CC(O)CCC(O)(COC(C)=O)C(O)C=CC1C. The van der Waals surface area contributed by atoms with Crippen molar-refractivity contribution < 1.29 is 44.2 Å². The third-order valence-corrected chi connectivity index (χ3v) is 7.74. The zero-order chi connectivity index (χ0) is 29.3. The molecule has 1 saturated heterocycles. The van der Waals surface area contributed by atoms with E-state index in [1.807, 2.05) is 39.8 Å². The monoisotopic (exact) mass is 552 g/mol. The topological polar surface area (TPSA) is 146 Å². The highest BCUT2D eigenvalue weighted by molar-refractivity contribution is 5.70. The molecule has 10 atom stereocenters. The summed E-state index contributed by atoms with van der Waals surface area (Å²) in [6, 6.07) is 0. The Hall–Kier alpha value is -2.04. The van der Waals surface area contributed by atoms with Gasteiger partial charge in [0.05, 0.1) is 30.8 Å². The van der Waals surface area contributed by atoms with Gasteiger partial charge in [0.2, 0.25) is 0 Å². The average molecular weight is 553 g/mol. The second-order valence-electron chi connectivity index (χ2n) is 11.4. The lowest BCUT2D eigenvalue weighted by Gasteiger charge is -2.32. The molecule has 2 heterocycles. The molecule has 10 unspecified atom stereocenters. The summed E-state index contributed by atoms with van der Waals surface area (Å²) in [4.78, 5) is 23.9. The smallest absolute Gasteiger partial charge is 0.309 e. The van der Waals surface area contributed by atoms with Crippen LogP contribution in [0.15, 0.2) is 36.0 Å². The third kappa shape index (κ3) is 10.5. The molecule has 0 aromatic heterocycles. The Morgan fingerprint density at radius 3 is 2.59 bits per heavy atom. The van der Waals surface area contributed by atoms with Crippen molar-refractivity contribution in [3.8, 4) is 0 Å². The van der Waals surface area contributed by atoms with E-state index in [-0.39, 0.29) is 55.3 Å². The second kappa shape index (κ2) is 15.1. The molecular formula is C30H48O9. The van der Waals surface area contributed by atoms with Crippen molar-refractivity contribution >= 4 is 11.9 Å². The van der Waals surface area contributed by atoms with Crippen LogP contribution in [0, 0.1) is 17.8 Å². The minimum atomic E-state index is -1.80. The summed E-state index contributed by atoms with van der Waals surface area (Å²) in [6.45, 7) is 10.5. The largest absolute Gasteiger partial charge is 0.463 e. The van der Waals surface area contributed by atoms with E-state index in [0.717, 1.165) is 12.0 Å². The molecule has 2 rings (SSSR count). The third-order valence-electron chi connectivity index (χ3n) is 7.74. The zero-order valence-corrected chi connectivity index (χ0v) is 24.2. The lowest BCUT2D eigenvalue weighted by molar-refractivity contribution is -0.157. The van der Waals surface area contributed by atoms with Crippen molar-refractivity contribution in [2.75, 3.05) is 6.61 Å². The molecule has 0 aromatic carbocycles. The molecular weight excluding hydrogens is 504 g/mol. The summed E-state index contributed by atoms with van der Waals surface area (Å²) in [5.74, 6) is -1.17. The quantitative estimate of drug-likeness (QED) is 0.139.